The van der Waals surface area contributed by atoms with Gasteiger partial charge in [-0.15, -0.1) is 12.3 Å². The van der Waals surface area contributed by atoms with E-state index in [1.54, 1.807) is 12.1 Å². The molecule has 0 aromatic heterocycles. The van der Waals surface area contributed by atoms with Gasteiger partial charge in [-0.2, -0.15) is 0 Å². The van der Waals surface area contributed by atoms with Crippen molar-refractivity contribution in [3.05, 3.63) is 28.2 Å². The molecular formula is C12H12BrNO. The Hall–Kier alpha value is -1.27. The number of terminal acetylenes is 1. The van der Waals surface area contributed by atoms with Gasteiger partial charge in [0.25, 0.3) is 0 Å². The van der Waals surface area contributed by atoms with Crippen molar-refractivity contribution in [2.24, 2.45) is 0 Å². The Morgan fingerprint density at radius 3 is 2.93 bits per heavy atom. The molecule has 0 aliphatic carbocycles. The van der Waals surface area contributed by atoms with Gasteiger partial charge in [0.15, 0.2) is 5.78 Å². The summed E-state index contributed by atoms with van der Waals surface area (Å²) < 4.78 is 0.858. The van der Waals surface area contributed by atoms with Gasteiger partial charge in [-0.05, 0) is 24.6 Å². The standard InChI is InChI=1S/C12H12BrNO/c1-2-3-4-5-12(15)10-8-9(13)6-7-11(10)14/h1,6-8H,3-5,14H2. The summed E-state index contributed by atoms with van der Waals surface area (Å²) >= 11 is 3.31. The minimum absolute atomic E-state index is 0.0454. The zero-order chi connectivity index (χ0) is 11.3. The molecule has 0 heterocycles. The predicted octanol–water partition coefficient (Wildman–Crippen LogP) is 3.02. The summed E-state index contributed by atoms with van der Waals surface area (Å²) in [5.41, 5.74) is 6.80. The van der Waals surface area contributed by atoms with Crippen LogP contribution in [0.1, 0.15) is 29.6 Å². The van der Waals surface area contributed by atoms with Crippen molar-refractivity contribution in [3.8, 4) is 12.3 Å². The first-order chi connectivity index (χ1) is 7.15. The van der Waals surface area contributed by atoms with Crippen molar-refractivity contribution in [3.63, 3.8) is 0 Å². The van der Waals surface area contributed by atoms with Gasteiger partial charge in [0.1, 0.15) is 0 Å². The third-order valence-electron chi connectivity index (χ3n) is 2.04. The highest BCUT2D eigenvalue weighted by molar-refractivity contribution is 9.10. The van der Waals surface area contributed by atoms with Crippen LogP contribution in [0.3, 0.4) is 0 Å². The van der Waals surface area contributed by atoms with Crippen molar-refractivity contribution >= 4 is 27.4 Å². The number of hydrogen-bond acceptors (Lipinski definition) is 2. The normalized spacial score (nSPS) is 9.60. The number of halogens is 1. The quantitative estimate of drug-likeness (QED) is 0.394. The number of unbranched alkanes of at least 4 members (excludes halogenated alkanes) is 1. The molecule has 0 amide bonds. The first-order valence-corrected chi connectivity index (χ1v) is 5.46. The van der Waals surface area contributed by atoms with Gasteiger partial charge in [-0.25, -0.2) is 0 Å². The third-order valence-corrected chi connectivity index (χ3v) is 2.53. The molecule has 0 fully saturated rings. The largest absolute Gasteiger partial charge is 0.398 e. The van der Waals surface area contributed by atoms with E-state index in [1.165, 1.54) is 0 Å². The molecule has 15 heavy (non-hydrogen) atoms. The SMILES string of the molecule is C#CCCCC(=O)c1cc(Br)ccc1N. The summed E-state index contributed by atoms with van der Waals surface area (Å²) in [6, 6.07) is 5.28. The number of nitrogen functional groups attached to an aromatic ring is 1. The predicted molar refractivity (Wildman–Crippen MR) is 65.6 cm³/mol. The van der Waals surface area contributed by atoms with Crippen molar-refractivity contribution in [1.82, 2.24) is 0 Å². The molecule has 0 atom stereocenters. The van der Waals surface area contributed by atoms with Crippen LogP contribution in [0.5, 0.6) is 0 Å². The Morgan fingerprint density at radius 1 is 1.53 bits per heavy atom. The molecule has 1 rings (SSSR count). The third kappa shape index (κ3) is 3.41. The van der Waals surface area contributed by atoms with Gasteiger partial charge in [0.2, 0.25) is 0 Å². The second-order valence-corrected chi connectivity index (χ2v) is 4.13. The van der Waals surface area contributed by atoms with E-state index in [1.807, 2.05) is 6.07 Å². The lowest BCUT2D eigenvalue weighted by Gasteiger charge is -2.04. The van der Waals surface area contributed by atoms with Gasteiger partial charge >= 0.3 is 0 Å². The lowest BCUT2D eigenvalue weighted by atomic mass is 10.0. The van der Waals surface area contributed by atoms with Gasteiger partial charge in [-0.1, -0.05) is 15.9 Å². The molecule has 1 aromatic rings. The smallest absolute Gasteiger partial charge is 0.165 e. The zero-order valence-electron chi connectivity index (χ0n) is 8.29. The number of carbonyl (C=O) groups is 1. The van der Waals surface area contributed by atoms with Crippen LogP contribution in [0.2, 0.25) is 0 Å². The number of carbonyl (C=O) groups excluding carboxylic acids is 1. The van der Waals surface area contributed by atoms with Crippen LogP contribution >= 0.6 is 15.9 Å². The Bertz CT molecular complexity index is 407. The fourth-order valence-corrected chi connectivity index (χ4v) is 1.62. The molecule has 3 heteroatoms. The minimum Gasteiger partial charge on any atom is -0.398 e. The van der Waals surface area contributed by atoms with E-state index in [0.717, 1.165) is 4.47 Å². The van der Waals surface area contributed by atoms with Gasteiger partial charge in [-0.3, -0.25) is 4.79 Å². The first kappa shape index (κ1) is 11.8. The number of hydrogen-bond donors (Lipinski definition) is 1. The molecule has 78 valence electrons. The summed E-state index contributed by atoms with van der Waals surface area (Å²) in [4.78, 5) is 11.7. The van der Waals surface area contributed by atoms with Crippen molar-refractivity contribution in [1.29, 1.82) is 0 Å². The summed E-state index contributed by atoms with van der Waals surface area (Å²) in [6.45, 7) is 0. The molecule has 2 nitrogen and oxygen atoms in total. The molecule has 0 aliphatic rings. The van der Waals surface area contributed by atoms with Crippen LogP contribution < -0.4 is 5.73 Å². The molecule has 2 N–H and O–H groups in total. The molecular weight excluding hydrogens is 254 g/mol. The Balaban J connectivity index is 2.73. The summed E-state index contributed by atoms with van der Waals surface area (Å²) in [5.74, 6) is 2.55. The summed E-state index contributed by atoms with van der Waals surface area (Å²) in [5, 5.41) is 0. The Kier molecular flexibility index (Phi) is 4.38. The molecule has 1 aromatic carbocycles. The lowest BCUT2D eigenvalue weighted by molar-refractivity contribution is 0.0981. The van der Waals surface area contributed by atoms with Gasteiger partial charge in [0, 0.05) is 28.6 Å². The van der Waals surface area contributed by atoms with E-state index in [0.29, 0.717) is 30.5 Å². The molecule has 0 radical (unpaired) electrons. The number of Topliss-reactive ketones (excluding diaryl/α,β-unsaturated/α-hetero) is 1. The maximum atomic E-state index is 11.7. The first-order valence-electron chi connectivity index (χ1n) is 4.67. The monoisotopic (exact) mass is 265 g/mol. The van der Waals surface area contributed by atoms with Crippen LogP contribution in [0, 0.1) is 12.3 Å². The number of ketones is 1. The number of benzene rings is 1. The molecule has 0 unspecified atom stereocenters. The summed E-state index contributed by atoms with van der Waals surface area (Å²) in [7, 11) is 0. The summed E-state index contributed by atoms with van der Waals surface area (Å²) in [6.07, 6.45) is 6.90. The van der Waals surface area contributed by atoms with E-state index in [4.69, 9.17) is 12.2 Å². The second-order valence-electron chi connectivity index (χ2n) is 3.21. The Morgan fingerprint density at radius 2 is 2.27 bits per heavy atom. The average Bonchev–Trinajstić information content (AvgIpc) is 2.22. The van der Waals surface area contributed by atoms with E-state index < -0.39 is 0 Å². The molecule has 0 spiro atoms. The highest BCUT2D eigenvalue weighted by Crippen LogP contribution is 2.20. The van der Waals surface area contributed by atoms with Crippen molar-refractivity contribution < 1.29 is 4.79 Å². The van der Waals surface area contributed by atoms with E-state index in [-0.39, 0.29) is 5.78 Å². The maximum absolute atomic E-state index is 11.7. The molecule has 0 bridgehead atoms. The van der Waals surface area contributed by atoms with Gasteiger partial charge in [0.05, 0.1) is 0 Å². The van der Waals surface area contributed by atoms with Crippen LogP contribution in [0.25, 0.3) is 0 Å². The van der Waals surface area contributed by atoms with Crippen LogP contribution in [0.4, 0.5) is 5.69 Å². The van der Waals surface area contributed by atoms with E-state index >= 15 is 0 Å². The van der Waals surface area contributed by atoms with Crippen LogP contribution in [-0.2, 0) is 0 Å². The molecule has 0 saturated carbocycles. The van der Waals surface area contributed by atoms with Crippen LogP contribution in [-0.4, -0.2) is 5.78 Å². The number of nitrogens with two attached hydrogens (primary N) is 1. The average molecular weight is 266 g/mol. The minimum atomic E-state index is 0.0454. The van der Waals surface area contributed by atoms with Crippen LogP contribution in [0.15, 0.2) is 22.7 Å². The molecule has 0 saturated heterocycles. The zero-order valence-corrected chi connectivity index (χ0v) is 9.88. The maximum Gasteiger partial charge on any atom is 0.165 e. The lowest BCUT2D eigenvalue weighted by Crippen LogP contribution is -2.03. The highest BCUT2D eigenvalue weighted by Gasteiger charge is 2.09. The fourth-order valence-electron chi connectivity index (χ4n) is 1.26. The van der Waals surface area contributed by atoms with Gasteiger partial charge < -0.3 is 5.73 Å². The molecule has 0 aliphatic heterocycles. The van der Waals surface area contributed by atoms with Crippen molar-refractivity contribution in [2.75, 3.05) is 5.73 Å². The van der Waals surface area contributed by atoms with E-state index in [2.05, 4.69) is 21.9 Å². The topological polar surface area (TPSA) is 43.1 Å². The Labute approximate surface area is 98.0 Å². The fraction of sp³-hybridized carbons (Fsp3) is 0.250. The number of anilines is 1. The highest BCUT2D eigenvalue weighted by atomic mass is 79.9. The number of rotatable bonds is 4. The van der Waals surface area contributed by atoms with Crippen molar-refractivity contribution in [2.45, 2.75) is 19.3 Å². The second kappa shape index (κ2) is 5.57. The van der Waals surface area contributed by atoms with E-state index in [9.17, 15) is 4.79 Å².